The minimum absolute atomic E-state index is 0.570. The lowest BCUT2D eigenvalue weighted by molar-refractivity contribution is 0.259. The standard InChI is InChI=1S/C11H12N4O/c1-13-10-5-2-7-6-8(14-11(12)16)3-4-9(7)15-10/h2-6H,1H3,(H,13,15)(H3,12,14,16). The number of amides is 2. The number of benzene rings is 1. The molecule has 0 bridgehead atoms. The zero-order valence-electron chi connectivity index (χ0n) is 8.82. The van der Waals surface area contributed by atoms with Crippen LogP contribution in [0.5, 0.6) is 0 Å². The van der Waals surface area contributed by atoms with E-state index in [0.717, 1.165) is 16.7 Å². The molecule has 2 rings (SSSR count). The van der Waals surface area contributed by atoms with Crippen molar-refractivity contribution in [1.82, 2.24) is 4.98 Å². The van der Waals surface area contributed by atoms with Crippen molar-refractivity contribution in [1.29, 1.82) is 0 Å². The first-order chi connectivity index (χ1) is 7.69. The Kier molecular flexibility index (Phi) is 2.59. The third-order valence-corrected chi connectivity index (χ3v) is 2.21. The second-order valence-electron chi connectivity index (χ2n) is 3.34. The maximum absolute atomic E-state index is 10.7. The van der Waals surface area contributed by atoms with Crippen molar-refractivity contribution in [2.75, 3.05) is 17.7 Å². The number of hydrogen-bond acceptors (Lipinski definition) is 3. The van der Waals surface area contributed by atoms with E-state index in [9.17, 15) is 4.79 Å². The van der Waals surface area contributed by atoms with Crippen molar-refractivity contribution in [3.05, 3.63) is 30.3 Å². The second kappa shape index (κ2) is 4.06. The van der Waals surface area contributed by atoms with Crippen molar-refractivity contribution in [3.8, 4) is 0 Å². The fourth-order valence-electron chi connectivity index (χ4n) is 1.48. The molecule has 82 valence electrons. The van der Waals surface area contributed by atoms with Crippen LogP contribution in [0.3, 0.4) is 0 Å². The predicted molar refractivity (Wildman–Crippen MR) is 64.5 cm³/mol. The number of rotatable bonds is 2. The van der Waals surface area contributed by atoms with Gasteiger partial charge in [-0.15, -0.1) is 0 Å². The Hall–Kier alpha value is -2.30. The molecule has 0 saturated carbocycles. The van der Waals surface area contributed by atoms with E-state index in [-0.39, 0.29) is 0 Å². The van der Waals surface area contributed by atoms with Crippen LogP contribution in [0.25, 0.3) is 10.9 Å². The number of carbonyl (C=O) groups excluding carboxylic acids is 1. The van der Waals surface area contributed by atoms with E-state index in [1.54, 1.807) is 6.07 Å². The molecular formula is C11H12N4O. The average molecular weight is 216 g/mol. The highest BCUT2D eigenvalue weighted by molar-refractivity contribution is 5.91. The van der Waals surface area contributed by atoms with Crippen molar-refractivity contribution in [2.24, 2.45) is 5.73 Å². The van der Waals surface area contributed by atoms with Crippen LogP contribution in [0.4, 0.5) is 16.3 Å². The van der Waals surface area contributed by atoms with Gasteiger partial charge in [-0.05, 0) is 30.3 Å². The summed E-state index contributed by atoms with van der Waals surface area (Å²) in [7, 11) is 1.82. The number of nitrogens with one attached hydrogen (secondary N) is 2. The largest absolute Gasteiger partial charge is 0.373 e. The SMILES string of the molecule is CNc1ccc2cc(NC(N)=O)ccc2n1. The van der Waals surface area contributed by atoms with E-state index < -0.39 is 6.03 Å². The zero-order chi connectivity index (χ0) is 11.5. The minimum atomic E-state index is -0.570. The first-order valence-corrected chi connectivity index (χ1v) is 4.84. The van der Waals surface area contributed by atoms with Crippen molar-refractivity contribution < 1.29 is 4.79 Å². The number of aromatic nitrogens is 1. The first kappa shape index (κ1) is 10.2. The van der Waals surface area contributed by atoms with E-state index in [1.807, 2.05) is 31.3 Å². The topological polar surface area (TPSA) is 80.0 Å². The first-order valence-electron chi connectivity index (χ1n) is 4.84. The fourth-order valence-corrected chi connectivity index (χ4v) is 1.48. The van der Waals surface area contributed by atoms with Crippen molar-refractivity contribution in [2.45, 2.75) is 0 Å². The maximum Gasteiger partial charge on any atom is 0.316 e. The molecule has 0 aliphatic carbocycles. The zero-order valence-corrected chi connectivity index (χ0v) is 8.82. The molecule has 4 N–H and O–H groups in total. The summed E-state index contributed by atoms with van der Waals surface area (Å²) >= 11 is 0. The smallest absolute Gasteiger partial charge is 0.316 e. The molecule has 1 aromatic heterocycles. The Balaban J connectivity index is 2.43. The Bertz CT molecular complexity index is 538. The van der Waals surface area contributed by atoms with Crippen molar-refractivity contribution in [3.63, 3.8) is 0 Å². The lowest BCUT2D eigenvalue weighted by Crippen LogP contribution is -2.19. The number of anilines is 2. The number of nitrogens with two attached hydrogens (primary N) is 1. The highest BCUT2D eigenvalue weighted by atomic mass is 16.2. The summed E-state index contributed by atoms with van der Waals surface area (Å²) in [6.45, 7) is 0. The second-order valence-corrected chi connectivity index (χ2v) is 3.34. The Morgan fingerprint density at radius 2 is 2.12 bits per heavy atom. The molecule has 1 aromatic carbocycles. The van der Waals surface area contributed by atoms with Gasteiger partial charge in [0, 0.05) is 18.1 Å². The van der Waals surface area contributed by atoms with Crippen molar-refractivity contribution >= 4 is 28.4 Å². The van der Waals surface area contributed by atoms with Gasteiger partial charge in [0.15, 0.2) is 0 Å². The van der Waals surface area contributed by atoms with Gasteiger partial charge in [0.2, 0.25) is 0 Å². The summed E-state index contributed by atoms with van der Waals surface area (Å²) < 4.78 is 0. The highest BCUT2D eigenvalue weighted by Crippen LogP contribution is 2.19. The Morgan fingerprint density at radius 3 is 2.81 bits per heavy atom. The van der Waals surface area contributed by atoms with Gasteiger partial charge in [0.25, 0.3) is 0 Å². The van der Waals surface area contributed by atoms with Crippen LogP contribution >= 0.6 is 0 Å². The third kappa shape index (κ3) is 2.03. The van der Waals surface area contributed by atoms with E-state index in [4.69, 9.17) is 5.73 Å². The van der Waals surface area contributed by atoms with Crippen LogP contribution in [0.2, 0.25) is 0 Å². The van der Waals surface area contributed by atoms with Crippen LogP contribution in [0, 0.1) is 0 Å². The molecule has 5 heteroatoms. The number of urea groups is 1. The third-order valence-electron chi connectivity index (χ3n) is 2.21. The monoisotopic (exact) mass is 216 g/mol. The molecule has 2 amide bonds. The van der Waals surface area contributed by atoms with Crippen LogP contribution in [-0.4, -0.2) is 18.1 Å². The van der Waals surface area contributed by atoms with Crippen LogP contribution < -0.4 is 16.4 Å². The van der Waals surface area contributed by atoms with Crippen LogP contribution in [-0.2, 0) is 0 Å². The van der Waals surface area contributed by atoms with Crippen LogP contribution in [0.1, 0.15) is 0 Å². The van der Waals surface area contributed by atoms with Gasteiger partial charge in [-0.3, -0.25) is 0 Å². The quantitative estimate of drug-likeness (QED) is 0.715. The molecule has 0 unspecified atom stereocenters. The predicted octanol–water partition coefficient (Wildman–Crippen LogP) is 1.77. The van der Waals surface area contributed by atoms with Gasteiger partial charge in [0.1, 0.15) is 5.82 Å². The summed E-state index contributed by atoms with van der Waals surface area (Å²) in [6.07, 6.45) is 0. The van der Waals surface area contributed by atoms with Gasteiger partial charge in [-0.1, -0.05) is 0 Å². The fraction of sp³-hybridized carbons (Fsp3) is 0.0909. The van der Waals surface area contributed by atoms with Gasteiger partial charge >= 0.3 is 6.03 Å². The van der Waals surface area contributed by atoms with E-state index in [1.165, 1.54) is 0 Å². The van der Waals surface area contributed by atoms with Gasteiger partial charge < -0.3 is 16.4 Å². The van der Waals surface area contributed by atoms with E-state index in [2.05, 4.69) is 15.6 Å². The Morgan fingerprint density at radius 1 is 1.31 bits per heavy atom. The van der Waals surface area contributed by atoms with E-state index >= 15 is 0 Å². The highest BCUT2D eigenvalue weighted by Gasteiger charge is 2.00. The molecular weight excluding hydrogens is 204 g/mol. The average Bonchev–Trinajstić information content (AvgIpc) is 2.27. The molecule has 16 heavy (non-hydrogen) atoms. The number of nitrogens with zero attached hydrogens (tertiary/aromatic N) is 1. The molecule has 0 aliphatic heterocycles. The molecule has 0 saturated heterocycles. The molecule has 0 fully saturated rings. The minimum Gasteiger partial charge on any atom is -0.373 e. The molecule has 0 aliphatic rings. The number of primary amides is 1. The number of fused-ring (bicyclic) bond motifs is 1. The summed E-state index contributed by atoms with van der Waals surface area (Å²) in [5.41, 5.74) is 6.57. The normalized spacial score (nSPS) is 10.1. The lowest BCUT2D eigenvalue weighted by atomic mass is 10.2. The van der Waals surface area contributed by atoms with Gasteiger partial charge in [-0.2, -0.15) is 0 Å². The molecule has 0 atom stereocenters. The number of hydrogen-bond donors (Lipinski definition) is 3. The van der Waals surface area contributed by atoms with Crippen LogP contribution in [0.15, 0.2) is 30.3 Å². The molecule has 5 nitrogen and oxygen atoms in total. The summed E-state index contributed by atoms with van der Waals surface area (Å²) in [6, 6.07) is 8.66. The number of carbonyl (C=O) groups is 1. The molecule has 0 radical (unpaired) electrons. The molecule has 0 spiro atoms. The lowest BCUT2D eigenvalue weighted by Gasteiger charge is -2.05. The van der Waals surface area contributed by atoms with E-state index in [0.29, 0.717) is 5.69 Å². The summed E-state index contributed by atoms with van der Waals surface area (Å²) in [5, 5.41) is 6.44. The molecule has 1 heterocycles. The summed E-state index contributed by atoms with van der Waals surface area (Å²) in [4.78, 5) is 15.0. The summed E-state index contributed by atoms with van der Waals surface area (Å²) in [5.74, 6) is 0.808. The molecule has 2 aromatic rings. The van der Waals surface area contributed by atoms with Gasteiger partial charge in [0.05, 0.1) is 5.52 Å². The van der Waals surface area contributed by atoms with Gasteiger partial charge in [-0.25, -0.2) is 9.78 Å². The number of pyridine rings is 1. The Labute approximate surface area is 92.7 Å². The maximum atomic E-state index is 10.7.